The predicted molar refractivity (Wildman–Crippen MR) is 64.4 cm³/mol. The zero-order valence-electron chi connectivity index (χ0n) is 6.90. The van der Waals surface area contributed by atoms with Gasteiger partial charge in [-0.25, -0.2) is 0 Å². The molecule has 0 heterocycles. The van der Waals surface area contributed by atoms with Crippen molar-refractivity contribution in [2.45, 2.75) is 0 Å². The lowest BCUT2D eigenvalue weighted by molar-refractivity contribution is 1.20. The van der Waals surface area contributed by atoms with Crippen LogP contribution in [0.25, 0.3) is 0 Å². The van der Waals surface area contributed by atoms with Gasteiger partial charge in [-0.1, -0.05) is 11.6 Å². The molecule has 0 saturated carbocycles. The van der Waals surface area contributed by atoms with Crippen LogP contribution in [0.2, 0.25) is 5.02 Å². The average molecular weight is 280 g/mol. The molecule has 0 atom stereocenters. The molecule has 0 radical (unpaired) electrons. The minimum Gasteiger partial charge on any atom is -0.366 e. The summed E-state index contributed by atoms with van der Waals surface area (Å²) in [6.07, 6.45) is 0. The van der Waals surface area contributed by atoms with Crippen molar-refractivity contribution in [2.24, 2.45) is 0 Å². The summed E-state index contributed by atoms with van der Waals surface area (Å²) in [5.41, 5.74) is 0.868. The second kappa shape index (κ2) is 4.79. The largest absolute Gasteiger partial charge is 0.366 e. The van der Waals surface area contributed by atoms with E-state index in [1.807, 2.05) is 12.1 Å². The van der Waals surface area contributed by atoms with Gasteiger partial charge in [0, 0.05) is 17.2 Å². The Morgan fingerprint density at radius 3 is 2.77 bits per heavy atom. The Hall–Kier alpha value is -0.320. The van der Waals surface area contributed by atoms with Crippen molar-refractivity contribution in [1.29, 1.82) is 0 Å². The highest BCUT2D eigenvalue weighted by Gasteiger charge is 1.99. The molecule has 2 nitrogen and oxygen atoms in total. The van der Waals surface area contributed by atoms with E-state index in [1.54, 1.807) is 13.1 Å². The molecule has 0 unspecified atom stereocenters. The maximum atomic E-state index is 5.89. The monoisotopic (exact) mass is 278 g/mol. The Kier molecular flexibility index (Phi) is 3.96. The lowest BCUT2D eigenvalue weighted by Crippen LogP contribution is -2.23. The smallest absolute Gasteiger partial charge is 0.170 e. The van der Waals surface area contributed by atoms with E-state index in [1.165, 1.54) is 0 Å². The van der Waals surface area contributed by atoms with Crippen LogP contribution in [0.5, 0.6) is 0 Å². The fraction of sp³-hybridized carbons (Fsp3) is 0.125. The molecule has 1 rings (SSSR count). The quantitative estimate of drug-likeness (QED) is 0.773. The first kappa shape index (κ1) is 10.8. The number of hydrogen-bond donors (Lipinski definition) is 2. The Bertz CT molecular complexity index is 330. The Morgan fingerprint density at radius 1 is 1.54 bits per heavy atom. The van der Waals surface area contributed by atoms with Crippen molar-refractivity contribution >= 4 is 50.5 Å². The summed E-state index contributed by atoms with van der Waals surface area (Å²) < 4.78 is 0.870. The second-order valence-corrected chi connectivity index (χ2v) is 4.00. The van der Waals surface area contributed by atoms with E-state index in [4.69, 9.17) is 23.8 Å². The van der Waals surface area contributed by atoms with E-state index in [0.717, 1.165) is 10.2 Å². The van der Waals surface area contributed by atoms with E-state index < -0.39 is 0 Å². The van der Waals surface area contributed by atoms with E-state index in [-0.39, 0.29) is 0 Å². The van der Waals surface area contributed by atoms with E-state index in [9.17, 15) is 0 Å². The van der Waals surface area contributed by atoms with Crippen LogP contribution in [-0.4, -0.2) is 12.2 Å². The molecule has 0 aliphatic rings. The molecule has 0 aliphatic carbocycles. The second-order valence-electron chi connectivity index (χ2n) is 2.33. The maximum absolute atomic E-state index is 5.89. The molecule has 13 heavy (non-hydrogen) atoms. The SMILES string of the molecule is CNC(=S)Nc1ccc(Br)c(Cl)c1. The van der Waals surface area contributed by atoms with Crippen molar-refractivity contribution < 1.29 is 0 Å². The van der Waals surface area contributed by atoms with Gasteiger partial charge in [-0.2, -0.15) is 0 Å². The summed E-state index contributed by atoms with van der Waals surface area (Å²) >= 11 is 14.1. The third-order valence-corrected chi connectivity index (χ3v) is 2.94. The molecule has 0 amide bonds. The van der Waals surface area contributed by atoms with Crippen molar-refractivity contribution in [3.05, 3.63) is 27.7 Å². The maximum Gasteiger partial charge on any atom is 0.170 e. The summed E-state index contributed by atoms with van der Waals surface area (Å²) in [6.45, 7) is 0. The van der Waals surface area contributed by atoms with Crippen LogP contribution in [0.3, 0.4) is 0 Å². The average Bonchev–Trinajstić information content (AvgIpc) is 2.11. The summed E-state index contributed by atoms with van der Waals surface area (Å²) in [4.78, 5) is 0. The fourth-order valence-corrected chi connectivity index (χ4v) is 1.31. The zero-order valence-corrected chi connectivity index (χ0v) is 10.1. The molecule has 70 valence electrons. The van der Waals surface area contributed by atoms with Gasteiger partial charge in [0.1, 0.15) is 0 Å². The Labute approximate surface area is 95.8 Å². The first-order valence-electron chi connectivity index (χ1n) is 3.57. The molecular formula is C8H8BrClN2S. The number of benzene rings is 1. The molecule has 0 aromatic heterocycles. The summed E-state index contributed by atoms with van der Waals surface area (Å²) in [5, 5.41) is 7.01. The van der Waals surface area contributed by atoms with E-state index in [2.05, 4.69) is 26.6 Å². The molecule has 1 aromatic carbocycles. The lowest BCUT2D eigenvalue weighted by Gasteiger charge is -2.07. The van der Waals surface area contributed by atoms with Gasteiger partial charge >= 0.3 is 0 Å². The van der Waals surface area contributed by atoms with Gasteiger partial charge in [-0.3, -0.25) is 0 Å². The molecule has 0 saturated heterocycles. The number of nitrogens with one attached hydrogen (secondary N) is 2. The van der Waals surface area contributed by atoms with Gasteiger partial charge in [0.25, 0.3) is 0 Å². The molecule has 0 bridgehead atoms. The van der Waals surface area contributed by atoms with Crippen LogP contribution in [0, 0.1) is 0 Å². The third-order valence-electron chi connectivity index (χ3n) is 1.40. The summed E-state index contributed by atoms with van der Waals surface area (Å²) in [5.74, 6) is 0. The third kappa shape index (κ3) is 3.14. The molecular weight excluding hydrogens is 272 g/mol. The van der Waals surface area contributed by atoms with E-state index >= 15 is 0 Å². The first-order valence-corrected chi connectivity index (χ1v) is 5.15. The fourth-order valence-electron chi connectivity index (χ4n) is 0.767. The van der Waals surface area contributed by atoms with Crippen LogP contribution >= 0.6 is 39.7 Å². The lowest BCUT2D eigenvalue weighted by atomic mass is 10.3. The van der Waals surface area contributed by atoms with Gasteiger partial charge in [-0.15, -0.1) is 0 Å². The summed E-state index contributed by atoms with van der Waals surface area (Å²) in [7, 11) is 1.76. The number of rotatable bonds is 1. The van der Waals surface area contributed by atoms with E-state index in [0.29, 0.717) is 10.1 Å². The predicted octanol–water partition coefficient (Wildman–Crippen LogP) is 3.02. The minimum atomic E-state index is 0.568. The highest BCUT2D eigenvalue weighted by atomic mass is 79.9. The standard InChI is InChI=1S/C8H8BrClN2S/c1-11-8(13)12-5-2-3-6(9)7(10)4-5/h2-4H,1H3,(H2,11,12,13). The Balaban J connectivity index is 2.79. The first-order chi connectivity index (χ1) is 6.13. The minimum absolute atomic E-state index is 0.568. The molecule has 0 fully saturated rings. The topological polar surface area (TPSA) is 24.1 Å². The molecule has 5 heteroatoms. The highest BCUT2D eigenvalue weighted by molar-refractivity contribution is 9.10. The van der Waals surface area contributed by atoms with Gasteiger partial charge in [-0.05, 0) is 46.3 Å². The molecule has 2 N–H and O–H groups in total. The van der Waals surface area contributed by atoms with Gasteiger partial charge < -0.3 is 10.6 Å². The van der Waals surface area contributed by atoms with Crippen molar-refractivity contribution in [2.75, 3.05) is 12.4 Å². The van der Waals surface area contributed by atoms with Crippen molar-refractivity contribution in [1.82, 2.24) is 5.32 Å². The van der Waals surface area contributed by atoms with Crippen LogP contribution in [0.1, 0.15) is 0 Å². The van der Waals surface area contributed by atoms with Crippen LogP contribution in [0.4, 0.5) is 5.69 Å². The number of halogens is 2. The Morgan fingerprint density at radius 2 is 2.23 bits per heavy atom. The van der Waals surface area contributed by atoms with Gasteiger partial charge in [0.15, 0.2) is 5.11 Å². The van der Waals surface area contributed by atoms with Crippen molar-refractivity contribution in [3.63, 3.8) is 0 Å². The van der Waals surface area contributed by atoms with Gasteiger partial charge in [0.05, 0.1) is 5.02 Å². The van der Waals surface area contributed by atoms with Crippen LogP contribution in [-0.2, 0) is 0 Å². The highest BCUT2D eigenvalue weighted by Crippen LogP contribution is 2.25. The molecule has 0 aliphatic heterocycles. The van der Waals surface area contributed by atoms with Crippen molar-refractivity contribution in [3.8, 4) is 0 Å². The number of hydrogen-bond acceptors (Lipinski definition) is 1. The zero-order chi connectivity index (χ0) is 9.84. The normalized spacial score (nSPS) is 9.46. The molecule has 0 spiro atoms. The molecule has 1 aromatic rings. The van der Waals surface area contributed by atoms with Gasteiger partial charge in [0.2, 0.25) is 0 Å². The number of thiocarbonyl (C=S) groups is 1. The summed E-state index contributed by atoms with van der Waals surface area (Å²) in [6, 6.07) is 5.55. The van der Waals surface area contributed by atoms with Crippen LogP contribution < -0.4 is 10.6 Å². The van der Waals surface area contributed by atoms with Crippen LogP contribution in [0.15, 0.2) is 22.7 Å². The number of anilines is 1.